The zero-order chi connectivity index (χ0) is 35.5. The van der Waals surface area contributed by atoms with E-state index in [4.69, 9.17) is 18.9 Å². The number of thioether (sulfide) groups is 1. The quantitative estimate of drug-likeness (QED) is 0.0823. The van der Waals surface area contributed by atoms with Gasteiger partial charge in [-0.15, -0.1) is 23.1 Å². The molecule has 50 heavy (non-hydrogen) atoms. The van der Waals surface area contributed by atoms with Crippen molar-refractivity contribution in [1.82, 2.24) is 10.3 Å². The second kappa shape index (κ2) is 17.0. The average molecular weight is 711 g/mol. The fraction of sp³-hybridized carbons (Fsp3) is 0.135. The van der Waals surface area contributed by atoms with Crippen LogP contribution in [0.4, 0.5) is 10.8 Å². The van der Waals surface area contributed by atoms with Crippen LogP contribution < -0.4 is 34.9 Å². The minimum Gasteiger partial charge on any atom is -0.497 e. The molecule has 5 aromatic rings. The Bertz CT molecular complexity index is 2000. The number of benzene rings is 4. The van der Waals surface area contributed by atoms with Crippen molar-refractivity contribution in [3.8, 4) is 34.3 Å². The molecule has 0 aliphatic rings. The van der Waals surface area contributed by atoms with Gasteiger partial charge in [-0.25, -0.2) is 4.98 Å². The van der Waals surface area contributed by atoms with E-state index in [2.05, 4.69) is 20.9 Å². The number of methoxy groups -OCH3 is 4. The highest BCUT2D eigenvalue weighted by molar-refractivity contribution is 8.00. The first-order valence-electron chi connectivity index (χ1n) is 15.1. The highest BCUT2D eigenvalue weighted by Crippen LogP contribution is 2.36. The molecule has 4 aromatic carbocycles. The maximum atomic E-state index is 13.6. The van der Waals surface area contributed by atoms with Crippen LogP contribution >= 0.6 is 23.1 Å². The first-order valence-corrected chi connectivity index (χ1v) is 17.0. The number of carbonyl (C=O) groups excluding carboxylic acids is 3. The predicted octanol–water partition coefficient (Wildman–Crippen LogP) is 6.98. The zero-order valence-corrected chi connectivity index (χ0v) is 29.3. The zero-order valence-electron chi connectivity index (χ0n) is 27.6. The predicted molar refractivity (Wildman–Crippen MR) is 197 cm³/mol. The van der Waals surface area contributed by atoms with Crippen LogP contribution in [0, 0.1) is 0 Å². The van der Waals surface area contributed by atoms with Crippen LogP contribution in [0.3, 0.4) is 0 Å². The summed E-state index contributed by atoms with van der Waals surface area (Å²) in [5.74, 6) is 0.912. The maximum absolute atomic E-state index is 13.6. The van der Waals surface area contributed by atoms with Crippen LogP contribution in [0.5, 0.6) is 23.0 Å². The maximum Gasteiger partial charge on any atom is 0.272 e. The standard InChI is InChI=1S/C37H34N4O7S2/c1-45-27-12-8-11-24(17-27)30-21-50-37(40-30)41-34(42)22-49-28-15-13-26(14-16-28)38-36(44)29(39-35(43)23-9-6-5-7-10-23)18-25-19-32(47-3)33(48-4)20-31(25)46-2/h5-21H,22H2,1-4H3,(H,38,44)(H,39,43)(H,40,41,42)/b29-18-. The molecule has 0 aliphatic heterocycles. The summed E-state index contributed by atoms with van der Waals surface area (Å²) < 4.78 is 21.6. The van der Waals surface area contributed by atoms with Gasteiger partial charge in [0.2, 0.25) is 5.91 Å². The van der Waals surface area contributed by atoms with Crippen molar-refractivity contribution in [2.75, 3.05) is 44.8 Å². The summed E-state index contributed by atoms with van der Waals surface area (Å²) in [5, 5.41) is 10.8. The molecule has 0 aliphatic carbocycles. The summed E-state index contributed by atoms with van der Waals surface area (Å²) >= 11 is 2.68. The molecule has 0 bridgehead atoms. The fourth-order valence-electron chi connectivity index (χ4n) is 4.65. The molecule has 3 amide bonds. The van der Waals surface area contributed by atoms with Crippen molar-refractivity contribution < 1.29 is 33.3 Å². The van der Waals surface area contributed by atoms with E-state index in [1.54, 1.807) is 73.8 Å². The van der Waals surface area contributed by atoms with Crippen molar-refractivity contribution in [3.05, 3.63) is 113 Å². The number of hydrogen-bond acceptors (Lipinski definition) is 10. The molecule has 5 rings (SSSR count). The van der Waals surface area contributed by atoms with Crippen LogP contribution in [0.2, 0.25) is 0 Å². The van der Waals surface area contributed by atoms with Crippen LogP contribution in [-0.2, 0) is 9.59 Å². The Morgan fingerprint density at radius 3 is 2.20 bits per heavy atom. The van der Waals surface area contributed by atoms with Gasteiger partial charge in [-0.3, -0.25) is 14.4 Å². The number of anilines is 2. The van der Waals surface area contributed by atoms with Crippen LogP contribution in [0.15, 0.2) is 107 Å². The Labute approximate surface area is 297 Å². The molecule has 0 saturated heterocycles. The van der Waals surface area contributed by atoms with Gasteiger partial charge in [0, 0.05) is 38.7 Å². The highest BCUT2D eigenvalue weighted by Gasteiger charge is 2.18. The van der Waals surface area contributed by atoms with Gasteiger partial charge >= 0.3 is 0 Å². The van der Waals surface area contributed by atoms with E-state index in [1.165, 1.54) is 50.5 Å². The van der Waals surface area contributed by atoms with Gasteiger partial charge in [-0.2, -0.15) is 0 Å². The smallest absolute Gasteiger partial charge is 0.272 e. The minimum atomic E-state index is -0.567. The van der Waals surface area contributed by atoms with E-state index < -0.39 is 11.8 Å². The van der Waals surface area contributed by atoms with E-state index in [0.717, 1.165) is 21.9 Å². The van der Waals surface area contributed by atoms with Crippen molar-refractivity contribution in [1.29, 1.82) is 0 Å². The van der Waals surface area contributed by atoms with Crippen molar-refractivity contribution >= 4 is 57.7 Å². The Morgan fingerprint density at radius 2 is 1.50 bits per heavy atom. The van der Waals surface area contributed by atoms with Crippen molar-refractivity contribution in [2.45, 2.75) is 4.90 Å². The topological polar surface area (TPSA) is 137 Å². The van der Waals surface area contributed by atoms with E-state index in [1.807, 2.05) is 29.6 Å². The summed E-state index contributed by atoms with van der Waals surface area (Å²) in [6.07, 6.45) is 1.50. The van der Waals surface area contributed by atoms with Crippen LogP contribution in [0.25, 0.3) is 17.3 Å². The van der Waals surface area contributed by atoms with E-state index in [9.17, 15) is 14.4 Å². The lowest BCUT2D eigenvalue weighted by Gasteiger charge is -2.15. The molecule has 0 saturated carbocycles. The van der Waals surface area contributed by atoms with E-state index in [-0.39, 0.29) is 17.4 Å². The Balaban J connectivity index is 1.25. The first-order chi connectivity index (χ1) is 24.3. The van der Waals surface area contributed by atoms with Crippen molar-refractivity contribution in [3.63, 3.8) is 0 Å². The molecule has 0 unspecified atom stereocenters. The summed E-state index contributed by atoms with van der Waals surface area (Å²) in [6.45, 7) is 0. The number of aromatic nitrogens is 1. The minimum absolute atomic E-state index is 0.0313. The molecular weight excluding hydrogens is 677 g/mol. The molecule has 0 radical (unpaired) electrons. The largest absolute Gasteiger partial charge is 0.497 e. The molecule has 0 atom stereocenters. The Kier molecular flexibility index (Phi) is 12.1. The van der Waals surface area contributed by atoms with Gasteiger partial charge in [-0.1, -0.05) is 30.3 Å². The van der Waals surface area contributed by atoms with Gasteiger partial charge < -0.3 is 34.9 Å². The number of nitrogens with one attached hydrogen (secondary N) is 3. The molecule has 1 aromatic heterocycles. The summed E-state index contributed by atoms with van der Waals surface area (Å²) in [6, 6.07) is 26.4. The average Bonchev–Trinajstić information content (AvgIpc) is 3.62. The van der Waals surface area contributed by atoms with Gasteiger partial charge in [0.25, 0.3) is 11.8 Å². The number of nitrogens with zero attached hydrogens (tertiary/aromatic N) is 1. The Hall–Kier alpha value is -5.79. The number of carbonyl (C=O) groups is 3. The third kappa shape index (κ3) is 9.21. The van der Waals surface area contributed by atoms with Crippen molar-refractivity contribution in [2.24, 2.45) is 0 Å². The van der Waals surface area contributed by atoms with Crippen LogP contribution in [0.1, 0.15) is 15.9 Å². The normalized spacial score (nSPS) is 10.9. The molecule has 1 heterocycles. The van der Waals surface area contributed by atoms with Gasteiger partial charge in [-0.05, 0) is 60.7 Å². The van der Waals surface area contributed by atoms with Crippen LogP contribution in [-0.4, -0.2) is 56.9 Å². The summed E-state index contributed by atoms with van der Waals surface area (Å²) in [7, 11) is 6.10. The third-order valence-corrected chi connectivity index (χ3v) is 8.93. The second-order valence-corrected chi connectivity index (χ2v) is 12.3. The van der Waals surface area contributed by atoms with Gasteiger partial charge in [0.05, 0.1) is 39.9 Å². The molecular formula is C37H34N4O7S2. The SMILES string of the molecule is COc1cccc(-c2csc(NC(=O)CSc3ccc(NC(=O)/C(=C/c4cc(OC)c(OC)cc4OC)NC(=O)c4ccccc4)cc3)n2)c1. The molecule has 256 valence electrons. The number of rotatable bonds is 14. The molecule has 0 fully saturated rings. The summed E-state index contributed by atoms with van der Waals surface area (Å²) in [4.78, 5) is 44.7. The lowest BCUT2D eigenvalue weighted by Crippen LogP contribution is -2.30. The molecule has 11 nitrogen and oxygen atoms in total. The lowest BCUT2D eigenvalue weighted by atomic mass is 10.1. The third-order valence-electron chi connectivity index (χ3n) is 7.16. The van der Waals surface area contributed by atoms with E-state index >= 15 is 0 Å². The first kappa shape index (κ1) is 35.5. The highest BCUT2D eigenvalue weighted by atomic mass is 32.2. The monoisotopic (exact) mass is 710 g/mol. The second-order valence-electron chi connectivity index (χ2n) is 10.4. The molecule has 13 heteroatoms. The number of amides is 3. The number of hydrogen-bond donors (Lipinski definition) is 3. The van der Waals surface area contributed by atoms with Gasteiger partial charge in [0.15, 0.2) is 16.6 Å². The summed E-state index contributed by atoms with van der Waals surface area (Å²) in [5.41, 5.74) is 2.94. The van der Waals surface area contributed by atoms with E-state index in [0.29, 0.717) is 39.2 Å². The Morgan fingerprint density at radius 1 is 0.780 bits per heavy atom. The number of ether oxygens (including phenoxy) is 4. The molecule has 0 spiro atoms. The number of thiazole rings is 1. The fourth-order valence-corrected chi connectivity index (χ4v) is 6.08. The lowest BCUT2D eigenvalue weighted by molar-refractivity contribution is -0.114. The molecule has 3 N–H and O–H groups in total. The van der Waals surface area contributed by atoms with Gasteiger partial charge in [0.1, 0.15) is 17.2 Å².